The molecule has 1 amide bonds. The maximum absolute atomic E-state index is 12.3. The van der Waals surface area contributed by atoms with Crippen molar-refractivity contribution in [1.82, 2.24) is 9.47 Å². The summed E-state index contributed by atoms with van der Waals surface area (Å²) in [5.74, 6) is 0.0291. The van der Waals surface area contributed by atoms with Crippen molar-refractivity contribution in [3.8, 4) is 0 Å². The lowest BCUT2D eigenvalue weighted by molar-refractivity contribution is -0.137. The van der Waals surface area contributed by atoms with Crippen LogP contribution < -0.4 is 0 Å². The molecule has 20 heavy (non-hydrogen) atoms. The molecule has 0 fully saturated rings. The first-order chi connectivity index (χ1) is 9.70. The lowest BCUT2D eigenvalue weighted by atomic mass is 10.3. The van der Waals surface area contributed by atoms with Gasteiger partial charge in [-0.1, -0.05) is 6.07 Å². The van der Waals surface area contributed by atoms with Crippen molar-refractivity contribution in [3.05, 3.63) is 46.4 Å². The van der Waals surface area contributed by atoms with Gasteiger partial charge >= 0.3 is 0 Å². The van der Waals surface area contributed by atoms with Crippen LogP contribution in [0.1, 0.15) is 17.5 Å². The first kappa shape index (κ1) is 14.8. The highest BCUT2D eigenvalue weighted by atomic mass is 32.1. The molecule has 0 saturated heterocycles. The summed E-state index contributed by atoms with van der Waals surface area (Å²) in [7, 11) is 1.99. The highest BCUT2D eigenvalue weighted by Gasteiger charge is 2.16. The van der Waals surface area contributed by atoms with Gasteiger partial charge in [0, 0.05) is 30.4 Å². The number of hydrogen-bond donors (Lipinski definition) is 0. The van der Waals surface area contributed by atoms with Crippen LogP contribution in [0, 0.1) is 0 Å². The molecule has 5 heteroatoms. The average Bonchev–Trinajstić information content (AvgIpc) is 3.08. The summed E-state index contributed by atoms with van der Waals surface area (Å²) >= 11 is 1.67. The summed E-state index contributed by atoms with van der Waals surface area (Å²) in [4.78, 5) is 15.3. The predicted molar refractivity (Wildman–Crippen MR) is 80.5 cm³/mol. The third-order valence-electron chi connectivity index (χ3n) is 3.11. The molecule has 2 aromatic rings. The molecule has 0 aliphatic carbocycles. The van der Waals surface area contributed by atoms with Gasteiger partial charge in [-0.3, -0.25) is 4.79 Å². The lowest BCUT2D eigenvalue weighted by Crippen LogP contribution is -2.33. The first-order valence-corrected chi connectivity index (χ1v) is 7.56. The van der Waals surface area contributed by atoms with Crippen molar-refractivity contribution in [1.29, 1.82) is 0 Å². The highest BCUT2D eigenvalue weighted by Crippen LogP contribution is 2.15. The number of amides is 1. The third-order valence-corrected chi connectivity index (χ3v) is 3.97. The number of rotatable bonds is 7. The van der Waals surface area contributed by atoms with E-state index in [1.54, 1.807) is 11.3 Å². The molecule has 2 heterocycles. The summed E-state index contributed by atoms with van der Waals surface area (Å²) in [5.41, 5.74) is 1.12. The van der Waals surface area contributed by atoms with Gasteiger partial charge in [0.1, 0.15) is 6.61 Å². The Hall–Kier alpha value is -1.59. The van der Waals surface area contributed by atoms with Crippen LogP contribution in [0.4, 0.5) is 0 Å². The summed E-state index contributed by atoms with van der Waals surface area (Å²) < 4.78 is 7.29. The van der Waals surface area contributed by atoms with Crippen LogP contribution in [0.3, 0.4) is 0 Å². The molecule has 4 nitrogen and oxygen atoms in total. The molecule has 0 aromatic carbocycles. The van der Waals surface area contributed by atoms with E-state index in [0.717, 1.165) is 5.69 Å². The Kier molecular flexibility index (Phi) is 5.38. The number of carbonyl (C=O) groups is 1. The fraction of sp³-hybridized carbons (Fsp3) is 0.400. The number of nitrogens with zero attached hydrogens (tertiary/aromatic N) is 2. The molecule has 0 saturated carbocycles. The number of thiophene rings is 1. The summed E-state index contributed by atoms with van der Waals surface area (Å²) in [5, 5.41) is 2.03. The van der Waals surface area contributed by atoms with Crippen LogP contribution in [-0.2, 0) is 29.7 Å². The molecule has 0 atom stereocenters. The molecule has 0 spiro atoms. The molecule has 0 radical (unpaired) electrons. The van der Waals surface area contributed by atoms with Crippen molar-refractivity contribution in [2.75, 3.05) is 13.2 Å². The zero-order chi connectivity index (χ0) is 14.4. The quantitative estimate of drug-likeness (QED) is 0.786. The van der Waals surface area contributed by atoms with E-state index in [-0.39, 0.29) is 12.5 Å². The monoisotopic (exact) mass is 292 g/mol. The minimum atomic E-state index is 0.0291. The van der Waals surface area contributed by atoms with E-state index in [1.807, 2.05) is 53.2 Å². The molecule has 0 aliphatic heterocycles. The number of ether oxygens (including phenoxy) is 1. The van der Waals surface area contributed by atoms with Gasteiger partial charge in [0.15, 0.2) is 0 Å². The second kappa shape index (κ2) is 7.26. The van der Waals surface area contributed by atoms with Gasteiger partial charge in [-0.05, 0) is 30.5 Å². The Morgan fingerprint density at radius 2 is 2.20 bits per heavy atom. The highest BCUT2D eigenvalue weighted by molar-refractivity contribution is 7.09. The van der Waals surface area contributed by atoms with E-state index in [2.05, 4.69) is 6.07 Å². The Labute approximate surface area is 123 Å². The van der Waals surface area contributed by atoms with E-state index in [4.69, 9.17) is 4.74 Å². The minimum Gasteiger partial charge on any atom is -0.372 e. The molecule has 2 rings (SSSR count). The van der Waals surface area contributed by atoms with Crippen LogP contribution in [0.25, 0.3) is 0 Å². The first-order valence-electron chi connectivity index (χ1n) is 6.68. The van der Waals surface area contributed by atoms with Crippen molar-refractivity contribution < 1.29 is 9.53 Å². The average molecular weight is 292 g/mol. The summed E-state index contributed by atoms with van der Waals surface area (Å²) in [6.07, 6.45) is 1.99. The van der Waals surface area contributed by atoms with Crippen molar-refractivity contribution >= 4 is 17.2 Å². The predicted octanol–water partition coefficient (Wildman–Crippen LogP) is 2.65. The van der Waals surface area contributed by atoms with E-state index < -0.39 is 0 Å². The number of carbonyl (C=O) groups excluding carboxylic acids is 1. The fourth-order valence-corrected chi connectivity index (χ4v) is 2.68. The maximum Gasteiger partial charge on any atom is 0.249 e. The molecule has 0 aliphatic rings. The Bertz CT molecular complexity index is 534. The van der Waals surface area contributed by atoms with Gasteiger partial charge in [-0.25, -0.2) is 0 Å². The van der Waals surface area contributed by atoms with E-state index in [0.29, 0.717) is 19.7 Å². The molecule has 2 aromatic heterocycles. The molecule has 0 bridgehead atoms. The third kappa shape index (κ3) is 3.95. The second-order valence-electron chi connectivity index (χ2n) is 4.58. The van der Waals surface area contributed by atoms with Gasteiger partial charge in [-0.2, -0.15) is 0 Å². The maximum atomic E-state index is 12.3. The van der Waals surface area contributed by atoms with Gasteiger partial charge in [-0.15, -0.1) is 11.3 Å². The van der Waals surface area contributed by atoms with Crippen molar-refractivity contribution in [2.45, 2.75) is 20.0 Å². The smallest absolute Gasteiger partial charge is 0.249 e. The zero-order valence-electron chi connectivity index (χ0n) is 11.9. The summed E-state index contributed by atoms with van der Waals surface area (Å²) in [6, 6.07) is 8.09. The molecular formula is C15H20N2O2S. The standard InChI is InChI=1S/C15H20N2O2S/c1-3-19-12-15(18)17(11-14-7-5-9-20-14)10-13-6-4-8-16(13)2/h4-9H,3,10-12H2,1-2H3. The Morgan fingerprint density at radius 1 is 1.35 bits per heavy atom. The largest absolute Gasteiger partial charge is 0.372 e. The number of aryl methyl sites for hydroxylation is 1. The molecule has 0 N–H and O–H groups in total. The van der Waals surface area contributed by atoms with Crippen molar-refractivity contribution in [3.63, 3.8) is 0 Å². The van der Waals surface area contributed by atoms with Crippen LogP contribution in [-0.4, -0.2) is 28.6 Å². The van der Waals surface area contributed by atoms with E-state index in [9.17, 15) is 4.79 Å². The fourth-order valence-electron chi connectivity index (χ4n) is 1.96. The van der Waals surface area contributed by atoms with Crippen LogP contribution in [0.2, 0.25) is 0 Å². The zero-order valence-corrected chi connectivity index (χ0v) is 12.7. The SMILES string of the molecule is CCOCC(=O)N(Cc1cccs1)Cc1cccn1C. The topological polar surface area (TPSA) is 34.5 Å². The normalized spacial score (nSPS) is 10.7. The van der Waals surface area contributed by atoms with Crippen LogP contribution >= 0.6 is 11.3 Å². The van der Waals surface area contributed by atoms with Gasteiger partial charge in [0.25, 0.3) is 0 Å². The number of aromatic nitrogens is 1. The van der Waals surface area contributed by atoms with Gasteiger partial charge in [0.05, 0.1) is 13.1 Å². The summed E-state index contributed by atoms with van der Waals surface area (Å²) in [6.45, 7) is 3.84. The molecule has 0 unspecified atom stereocenters. The molecule has 108 valence electrons. The van der Waals surface area contributed by atoms with Crippen LogP contribution in [0.15, 0.2) is 35.8 Å². The van der Waals surface area contributed by atoms with E-state index in [1.165, 1.54) is 4.88 Å². The van der Waals surface area contributed by atoms with Gasteiger partial charge in [0.2, 0.25) is 5.91 Å². The van der Waals surface area contributed by atoms with E-state index >= 15 is 0 Å². The minimum absolute atomic E-state index is 0.0291. The lowest BCUT2D eigenvalue weighted by Gasteiger charge is -2.22. The Morgan fingerprint density at radius 3 is 2.80 bits per heavy atom. The van der Waals surface area contributed by atoms with Gasteiger partial charge < -0.3 is 14.2 Å². The van der Waals surface area contributed by atoms with Crippen molar-refractivity contribution in [2.24, 2.45) is 7.05 Å². The number of hydrogen-bond acceptors (Lipinski definition) is 3. The second-order valence-corrected chi connectivity index (χ2v) is 5.61. The Balaban J connectivity index is 2.07. The van der Waals surface area contributed by atoms with Crippen LogP contribution in [0.5, 0.6) is 0 Å². The molecular weight excluding hydrogens is 272 g/mol.